The van der Waals surface area contributed by atoms with Gasteiger partial charge in [-0.1, -0.05) is 11.6 Å². The van der Waals surface area contributed by atoms with E-state index in [1.807, 2.05) is 0 Å². The highest BCUT2D eigenvalue weighted by atomic mass is 79.9. The molecule has 0 fully saturated rings. The molecule has 1 heterocycles. The maximum atomic E-state index is 13.8. The van der Waals surface area contributed by atoms with Gasteiger partial charge in [-0.3, -0.25) is 4.57 Å². The average Bonchev–Trinajstić information content (AvgIpc) is 2.80. The van der Waals surface area contributed by atoms with Crippen molar-refractivity contribution in [1.29, 1.82) is 0 Å². The molecule has 3 rings (SSSR count). The summed E-state index contributed by atoms with van der Waals surface area (Å²) in [5, 5.41) is 0.535. The second-order valence-electron chi connectivity index (χ2n) is 4.35. The summed E-state index contributed by atoms with van der Waals surface area (Å²) in [4.78, 5) is 4.14. The number of halogens is 5. The van der Waals surface area contributed by atoms with Crippen molar-refractivity contribution in [2.75, 3.05) is 0 Å². The van der Waals surface area contributed by atoms with Gasteiger partial charge in [-0.05, 0) is 34.1 Å². The molecule has 0 radical (unpaired) electrons. The van der Waals surface area contributed by atoms with E-state index in [-0.39, 0.29) is 11.4 Å². The standard InChI is InChI=1S/C14H7BrCl2F2N2/c15-9-5-8(1-2-10(9)17)21-12-4-7(18)3-11(19)14(12)20-13(21)6-16/h1-5H,6H2. The lowest BCUT2D eigenvalue weighted by atomic mass is 10.2. The molecule has 21 heavy (non-hydrogen) atoms. The van der Waals surface area contributed by atoms with Gasteiger partial charge in [0.15, 0.2) is 5.82 Å². The predicted octanol–water partition coefficient (Wildman–Crippen LogP) is 5.46. The van der Waals surface area contributed by atoms with Gasteiger partial charge in [0.25, 0.3) is 0 Å². The van der Waals surface area contributed by atoms with Crippen molar-refractivity contribution >= 4 is 50.2 Å². The molecule has 0 saturated carbocycles. The quantitative estimate of drug-likeness (QED) is 0.530. The third kappa shape index (κ3) is 2.54. The van der Waals surface area contributed by atoms with Crippen LogP contribution in [0.25, 0.3) is 16.7 Å². The maximum Gasteiger partial charge on any atom is 0.153 e. The largest absolute Gasteiger partial charge is 0.295 e. The van der Waals surface area contributed by atoms with Gasteiger partial charge < -0.3 is 0 Å². The van der Waals surface area contributed by atoms with Crippen molar-refractivity contribution in [3.05, 3.63) is 57.3 Å². The van der Waals surface area contributed by atoms with Crippen LogP contribution in [0.3, 0.4) is 0 Å². The molecular weight excluding hydrogens is 385 g/mol. The first-order valence-electron chi connectivity index (χ1n) is 5.89. The van der Waals surface area contributed by atoms with Crippen molar-refractivity contribution in [1.82, 2.24) is 9.55 Å². The predicted molar refractivity (Wildman–Crippen MR) is 83.3 cm³/mol. The summed E-state index contributed by atoms with van der Waals surface area (Å²) in [6, 6.07) is 7.18. The number of aromatic nitrogens is 2. The Balaban J connectivity index is 2.36. The third-order valence-corrected chi connectivity index (χ3v) is 4.48. The number of hydrogen-bond acceptors (Lipinski definition) is 1. The molecule has 0 aliphatic carbocycles. The van der Waals surface area contributed by atoms with Crippen LogP contribution in [0.5, 0.6) is 0 Å². The van der Waals surface area contributed by atoms with Crippen LogP contribution in [0.2, 0.25) is 5.02 Å². The number of imidazole rings is 1. The summed E-state index contributed by atoms with van der Waals surface area (Å²) in [7, 11) is 0. The minimum absolute atomic E-state index is 0.0655. The highest BCUT2D eigenvalue weighted by Gasteiger charge is 2.16. The van der Waals surface area contributed by atoms with E-state index in [1.54, 1.807) is 22.8 Å². The molecule has 0 bridgehead atoms. The zero-order chi connectivity index (χ0) is 15.1. The van der Waals surface area contributed by atoms with E-state index < -0.39 is 11.6 Å². The van der Waals surface area contributed by atoms with E-state index in [2.05, 4.69) is 20.9 Å². The molecule has 0 spiro atoms. The highest BCUT2D eigenvalue weighted by molar-refractivity contribution is 9.10. The zero-order valence-corrected chi connectivity index (χ0v) is 13.5. The van der Waals surface area contributed by atoms with Crippen molar-refractivity contribution in [3.63, 3.8) is 0 Å². The Labute approximate surface area is 137 Å². The van der Waals surface area contributed by atoms with Crippen LogP contribution in [0.4, 0.5) is 8.78 Å². The molecule has 0 aliphatic heterocycles. The van der Waals surface area contributed by atoms with Gasteiger partial charge in [0.05, 0.1) is 16.4 Å². The van der Waals surface area contributed by atoms with Crippen molar-refractivity contribution in [3.8, 4) is 5.69 Å². The van der Waals surface area contributed by atoms with E-state index >= 15 is 0 Å². The lowest BCUT2D eigenvalue weighted by Gasteiger charge is -2.09. The summed E-state index contributed by atoms with van der Waals surface area (Å²) < 4.78 is 29.6. The first-order chi connectivity index (χ1) is 10.0. The molecule has 0 N–H and O–H groups in total. The van der Waals surface area contributed by atoms with Crippen molar-refractivity contribution in [2.24, 2.45) is 0 Å². The fourth-order valence-corrected chi connectivity index (χ4v) is 2.82. The molecular formula is C14H7BrCl2F2N2. The maximum absolute atomic E-state index is 13.8. The van der Waals surface area contributed by atoms with Crippen LogP contribution in [0.1, 0.15) is 5.82 Å². The smallest absolute Gasteiger partial charge is 0.153 e. The second kappa shape index (κ2) is 5.55. The normalized spacial score (nSPS) is 11.3. The molecule has 0 unspecified atom stereocenters. The number of hydrogen-bond donors (Lipinski definition) is 0. The van der Waals surface area contributed by atoms with Gasteiger partial charge in [0, 0.05) is 22.3 Å². The van der Waals surface area contributed by atoms with Gasteiger partial charge in [0.2, 0.25) is 0 Å². The van der Waals surface area contributed by atoms with Gasteiger partial charge in [-0.2, -0.15) is 0 Å². The average molecular weight is 392 g/mol. The Hall–Kier alpha value is -1.17. The van der Waals surface area contributed by atoms with Crippen LogP contribution in [0.15, 0.2) is 34.8 Å². The molecule has 0 amide bonds. The van der Waals surface area contributed by atoms with Crippen molar-refractivity contribution < 1.29 is 8.78 Å². The van der Waals surface area contributed by atoms with Gasteiger partial charge >= 0.3 is 0 Å². The number of fused-ring (bicyclic) bond motifs is 1. The van der Waals surface area contributed by atoms with Gasteiger partial charge in [0.1, 0.15) is 17.2 Å². The summed E-state index contributed by atoms with van der Waals surface area (Å²) >= 11 is 15.2. The van der Waals surface area contributed by atoms with Crippen LogP contribution in [0, 0.1) is 11.6 Å². The molecule has 0 atom stereocenters. The Bertz CT molecular complexity index is 849. The van der Waals surface area contributed by atoms with Gasteiger partial charge in [-0.25, -0.2) is 13.8 Å². The van der Waals surface area contributed by atoms with E-state index in [4.69, 9.17) is 23.2 Å². The number of nitrogens with zero attached hydrogens (tertiary/aromatic N) is 2. The molecule has 7 heteroatoms. The molecule has 108 valence electrons. The fourth-order valence-electron chi connectivity index (χ4n) is 2.15. The summed E-state index contributed by atoms with van der Waals surface area (Å²) in [5.41, 5.74) is 1.06. The lowest BCUT2D eigenvalue weighted by Crippen LogP contribution is -1.99. The van der Waals surface area contributed by atoms with E-state index in [0.29, 0.717) is 26.5 Å². The SMILES string of the molecule is Fc1cc(F)c2nc(CCl)n(-c3ccc(Cl)c(Br)c3)c2c1. The van der Waals surface area contributed by atoms with Crippen LogP contribution >= 0.6 is 39.1 Å². The minimum Gasteiger partial charge on any atom is -0.295 e. The van der Waals surface area contributed by atoms with E-state index in [1.165, 1.54) is 6.07 Å². The lowest BCUT2D eigenvalue weighted by molar-refractivity contribution is 0.590. The van der Waals surface area contributed by atoms with E-state index in [0.717, 1.165) is 6.07 Å². The molecule has 0 aliphatic rings. The van der Waals surface area contributed by atoms with E-state index in [9.17, 15) is 8.78 Å². The summed E-state index contributed by atoms with van der Waals surface area (Å²) in [5.74, 6) is -0.903. The molecule has 0 saturated heterocycles. The summed E-state index contributed by atoms with van der Waals surface area (Å²) in [6.07, 6.45) is 0. The Morgan fingerprint density at radius 3 is 2.62 bits per heavy atom. The summed E-state index contributed by atoms with van der Waals surface area (Å²) in [6.45, 7) is 0. The number of benzene rings is 2. The van der Waals surface area contributed by atoms with Crippen molar-refractivity contribution in [2.45, 2.75) is 5.88 Å². The molecule has 3 aromatic rings. The topological polar surface area (TPSA) is 17.8 Å². The Morgan fingerprint density at radius 1 is 1.19 bits per heavy atom. The molecule has 1 aromatic heterocycles. The minimum atomic E-state index is -0.719. The van der Waals surface area contributed by atoms with Crippen LogP contribution in [-0.4, -0.2) is 9.55 Å². The third-order valence-electron chi connectivity index (χ3n) is 3.03. The highest BCUT2D eigenvalue weighted by Crippen LogP contribution is 2.29. The van der Waals surface area contributed by atoms with Gasteiger partial charge in [-0.15, -0.1) is 11.6 Å². The number of alkyl halides is 1. The first kappa shape index (κ1) is 14.8. The Kier molecular flexibility index (Phi) is 3.90. The Morgan fingerprint density at radius 2 is 1.95 bits per heavy atom. The molecule has 2 aromatic carbocycles. The number of rotatable bonds is 2. The molecule has 2 nitrogen and oxygen atoms in total. The first-order valence-corrected chi connectivity index (χ1v) is 7.59. The second-order valence-corrected chi connectivity index (χ2v) is 5.88. The monoisotopic (exact) mass is 390 g/mol. The fraction of sp³-hybridized carbons (Fsp3) is 0.0714. The zero-order valence-electron chi connectivity index (χ0n) is 10.4. The van der Waals surface area contributed by atoms with Crippen LogP contribution < -0.4 is 0 Å². The van der Waals surface area contributed by atoms with Crippen LogP contribution in [-0.2, 0) is 5.88 Å².